The number of benzene rings is 3. The molecule has 0 bridgehead atoms. The number of hydrogen-bond donors (Lipinski definition) is 1. The summed E-state index contributed by atoms with van der Waals surface area (Å²) in [5, 5.41) is 3.73. The standard InChI is InChI=1S/C28H30Cl2N2O3/c1-4-31-28(34)25(16-21-9-6-5-7-10-21)32(17-22-23(29)11-8-12-24(22)30)27(33)18-35-26-15-19(2)13-14-20(26)3/h5-15,25H,4,16-18H2,1-3H3,(H,31,34)/t25-/m0/s1. The van der Waals surface area contributed by atoms with Crippen LogP contribution >= 0.6 is 23.2 Å². The van der Waals surface area contributed by atoms with Gasteiger partial charge >= 0.3 is 0 Å². The lowest BCUT2D eigenvalue weighted by molar-refractivity contribution is -0.142. The lowest BCUT2D eigenvalue weighted by Crippen LogP contribution is -2.51. The maximum absolute atomic E-state index is 13.6. The van der Waals surface area contributed by atoms with Crippen LogP contribution in [-0.2, 0) is 22.6 Å². The Kier molecular flexibility index (Phi) is 9.58. The summed E-state index contributed by atoms with van der Waals surface area (Å²) in [6.07, 6.45) is 0.337. The topological polar surface area (TPSA) is 58.6 Å². The summed E-state index contributed by atoms with van der Waals surface area (Å²) in [4.78, 5) is 28.3. The maximum Gasteiger partial charge on any atom is 0.261 e. The number of amides is 2. The molecule has 3 aromatic rings. The highest BCUT2D eigenvalue weighted by Crippen LogP contribution is 2.27. The van der Waals surface area contributed by atoms with Crippen molar-refractivity contribution in [3.8, 4) is 5.75 Å². The molecule has 0 radical (unpaired) electrons. The van der Waals surface area contributed by atoms with Crippen LogP contribution in [0.4, 0.5) is 0 Å². The number of carbonyl (C=O) groups is 2. The molecular weight excluding hydrogens is 483 g/mol. The van der Waals surface area contributed by atoms with Gasteiger partial charge in [-0.3, -0.25) is 9.59 Å². The second kappa shape index (κ2) is 12.6. The summed E-state index contributed by atoms with van der Waals surface area (Å²) in [6, 6.07) is 19.8. The molecule has 7 heteroatoms. The Bertz CT molecular complexity index is 1150. The highest BCUT2D eigenvalue weighted by Gasteiger charge is 2.31. The van der Waals surface area contributed by atoms with Crippen molar-refractivity contribution in [1.82, 2.24) is 10.2 Å². The quantitative estimate of drug-likeness (QED) is 0.375. The van der Waals surface area contributed by atoms with Crippen molar-refractivity contribution >= 4 is 35.0 Å². The first-order valence-corrected chi connectivity index (χ1v) is 12.3. The summed E-state index contributed by atoms with van der Waals surface area (Å²) < 4.78 is 5.91. The summed E-state index contributed by atoms with van der Waals surface area (Å²) in [5.74, 6) is 0.0420. The van der Waals surface area contributed by atoms with E-state index in [4.69, 9.17) is 27.9 Å². The van der Waals surface area contributed by atoms with E-state index in [2.05, 4.69) is 5.32 Å². The van der Waals surface area contributed by atoms with Gasteiger partial charge in [-0.05, 0) is 55.7 Å². The molecule has 0 saturated heterocycles. The molecule has 0 heterocycles. The minimum Gasteiger partial charge on any atom is -0.483 e. The predicted molar refractivity (Wildman–Crippen MR) is 141 cm³/mol. The monoisotopic (exact) mass is 512 g/mol. The SMILES string of the molecule is CCNC(=O)[C@H](Cc1ccccc1)N(Cc1c(Cl)cccc1Cl)C(=O)COc1cc(C)ccc1C. The number of aryl methyl sites for hydroxylation is 2. The molecule has 0 spiro atoms. The van der Waals surface area contributed by atoms with Crippen molar-refractivity contribution in [3.05, 3.63) is 99.0 Å². The normalized spacial score (nSPS) is 11.6. The van der Waals surface area contributed by atoms with Gasteiger partial charge in [0, 0.05) is 35.1 Å². The van der Waals surface area contributed by atoms with Gasteiger partial charge in [-0.1, -0.05) is 71.7 Å². The van der Waals surface area contributed by atoms with Gasteiger partial charge in [-0.15, -0.1) is 0 Å². The third kappa shape index (κ3) is 7.23. The highest BCUT2D eigenvalue weighted by molar-refractivity contribution is 6.36. The minimum absolute atomic E-state index is 0.0716. The Hall–Kier alpha value is -3.02. The number of halogens is 2. The Labute approximate surface area is 217 Å². The molecule has 0 aliphatic rings. The number of carbonyl (C=O) groups excluding carboxylic acids is 2. The third-order valence-electron chi connectivity index (χ3n) is 5.71. The summed E-state index contributed by atoms with van der Waals surface area (Å²) in [6.45, 7) is 6.02. The van der Waals surface area contributed by atoms with Crippen molar-refractivity contribution < 1.29 is 14.3 Å². The number of rotatable bonds is 10. The molecule has 0 saturated carbocycles. The summed E-state index contributed by atoms with van der Waals surface area (Å²) in [7, 11) is 0. The first kappa shape index (κ1) is 26.6. The van der Waals surface area contributed by atoms with Gasteiger partial charge < -0.3 is 15.0 Å². The summed E-state index contributed by atoms with van der Waals surface area (Å²) >= 11 is 12.9. The van der Waals surface area contributed by atoms with E-state index in [-0.39, 0.29) is 25.0 Å². The second-order valence-corrected chi connectivity index (χ2v) is 9.19. The number of nitrogens with one attached hydrogen (secondary N) is 1. The third-order valence-corrected chi connectivity index (χ3v) is 6.42. The Morgan fingerprint density at radius 1 is 0.971 bits per heavy atom. The minimum atomic E-state index is -0.778. The molecular formula is C28H30Cl2N2O3. The molecule has 5 nitrogen and oxygen atoms in total. The van der Waals surface area contributed by atoms with Crippen molar-refractivity contribution in [2.75, 3.05) is 13.2 Å². The van der Waals surface area contributed by atoms with Crippen molar-refractivity contribution in [2.45, 2.75) is 39.8 Å². The van der Waals surface area contributed by atoms with E-state index in [0.717, 1.165) is 16.7 Å². The highest BCUT2D eigenvalue weighted by atomic mass is 35.5. The zero-order valence-corrected chi connectivity index (χ0v) is 21.7. The summed E-state index contributed by atoms with van der Waals surface area (Å²) in [5.41, 5.74) is 3.47. The zero-order valence-electron chi connectivity index (χ0n) is 20.2. The number of ether oxygens (including phenoxy) is 1. The fraction of sp³-hybridized carbons (Fsp3) is 0.286. The van der Waals surface area contributed by atoms with E-state index in [1.165, 1.54) is 4.90 Å². The van der Waals surface area contributed by atoms with E-state index in [1.807, 2.05) is 69.3 Å². The molecule has 0 aliphatic carbocycles. The predicted octanol–water partition coefficient (Wildman–Crippen LogP) is 5.77. The van der Waals surface area contributed by atoms with Crippen LogP contribution in [-0.4, -0.2) is 35.9 Å². The lowest BCUT2D eigenvalue weighted by Gasteiger charge is -2.32. The number of nitrogens with zero attached hydrogens (tertiary/aromatic N) is 1. The molecule has 1 N–H and O–H groups in total. The van der Waals surface area contributed by atoms with E-state index < -0.39 is 6.04 Å². The first-order chi connectivity index (χ1) is 16.8. The molecule has 0 fully saturated rings. The number of likely N-dealkylation sites (N-methyl/N-ethyl adjacent to an activating group) is 1. The van der Waals surface area contributed by atoms with E-state index in [0.29, 0.717) is 34.3 Å². The maximum atomic E-state index is 13.6. The van der Waals surface area contributed by atoms with Gasteiger partial charge in [0.2, 0.25) is 5.91 Å². The van der Waals surface area contributed by atoms with Crippen molar-refractivity contribution in [2.24, 2.45) is 0 Å². The fourth-order valence-corrected chi connectivity index (χ4v) is 4.30. The molecule has 0 unspecified atom stereocenters. The van der Waals surface area contributed by atoms with Crippen LogP contribution in [0.15, 0.2) is 66.7 Å². The van der Waals surface area contributed by atoms with Crippen LogP contribution in [0.2, 0.25) is 10.0 Å². The fourth-order valence-electron chi connectivity index (χ4n) is 3.78. The van der Waals surface area contributed by atoms with Crippen LogP contribution in [0.1, 0.15) is 29.2 Å². The first-order valence-electron chi connectivity index (χ1n) is 11.5. The van der Waals surface area contributed by atoms with Gasteiger partial charge in [0.25, 0.3) is 5.91 Å². The smallest absolute Gasteiger partial charge is 0.261 e. The van der Waals surface area contributed by atoms with Gasteiger partial charge in [0.05, 0.1) is 0 Å². The Balaban J connectivity index is 1.96. The van der Waals surface area contributed by atoms with Crippen molar-refractivity contribution in [3.63, 3.8) is 0 Å². The van der Waals surface area contributed by atoms with E-state index in [1.54, 1.807) is 18.2 Å². The van der Waals surface area contributed by atoms with Crippen LogP contribution in [0.5, 0.6) is 5.75 Å². The molecule has 2 amide bonds. The second-order valence-electron chi connectivity index (χ2n) is 8.38. The molecule has 0 aliphatic heterocycles. The molecule has 3 aromatic carbocycles. The van der Waals surface area contributed by atoms with E-state index in [9.17, 15) is 9.59 Å². The van der Waals surface area contributed by atoms with Crippen LogP contribution < -0.4 is 10.1 Å². The van der Waals surface area contributed by atoms with Gasteiger partial charge in [-0.2, -0.15) is 0 Å². The lowest BCUT2D eigenvalue weighted by atomic mass is 10.0. The Morgan fingerprint density at radius 2 is 1.66 bits per heavy atom. The number of hydrogen-bond acceptors (Lipinski definition) is 3. The van der Waals surface area contributed by atoms with Gasteiger partial charge in [0.15, 0.2) is 6.61 Å². The molecule has 0 aromatic heterocycles. The average molecular weight is 513 g/mol. The average Bonchev–Trinajstić information content (AvgIpc) is 2.84. The largest absolute Gasteiger partial charge is 0.483 e. The van der Waals surface area contributed by atoms with Gasteiger partial charge in [-0.25, -0.2) is 0 Å². The van der Waals surface area contributed by atoms with Crippen molar-refractivity contribution in [1.29, 1.82) is 0 Å². The molecule has 184 valence electrons. The van der Waals surface area contributed by atoms with Crippen LogP contribution in [0.3, 0.4) is 0 Å². The van der Waals surface area contributed by atoms with Crippen LogP contribution in [0, 0.1) is 13.8 Å². The Morgan fingerprint density at radius 3 is 2.31 bits per heavy atom. The van der Waals surface area contributed by atoms with Crippen LogP contribution in [0.25, 0.3) is 0 Å². The molecule has 3 rings (SSSR count). The molecule has 1 atom stereocenters. The zero-order chi connectivity index (χ0) is 25.4. The van der Waals surface area contributed by atoms with Gasteiger partial charge in [0.1, 0.15) is 11.8 Å². The van der Waals surface area contributed by atoms with E-state index >= 15 is 0 Å². The molecule has 35 heavy (non-hydrogen) atoms.